The molecule has 7 nitrogen and oxygen atoms in total. The fraction of sp³-hybridized carbons (Fsp3) is 0.400. The molecule has 1 aromatic carbocycles. The largest absolute Gasteiger partial charge is 0.369 e. The highest BCUT2D eigenvalue weighted by molar-refractivity contribution is 5.93. The van der Waals surface area contributed by atoms with Crippen molar-refractivity contribution in [1.82, 2.24) is 24.9 Å². The average Bonchev–Trinajstić information content (AvgIpc) is 3.00. The van der Waals surface area contributed by atoms with Crippen LogP contribution in [0.5, 0.6) is 0 Å². The third-order valence-corrected chi connectivity index (χ3v) is 4.78. The number of nitrogens with zero attached hydrogens (tertiary/aromatic N) is 5. The smallest absolute Gasteiger partial charge is 0.276 e. The number of hydrogen-bond donors (Lipinski definition) is 0. The molecule has 3 aromatic rings. The van der Waals surface area contributed by atoms with Crippen molar-refractivity contribution in [2.75, 3.05) is 13.1 Å². The number of fused-ring (bicyclic) bond motifs is 1. The van der Waals surface area contributed by atoms with Crippen LogP contribution in [0.2, 0.25) is 0 Å². The van der Waals surface area contributed by atoms with E-state index in [1.807, 2.05) is 58.0 Å². The average molecular weight is 365 g/mol. The lowest BCUT2D eigenvalue weighted by Gasteiger charge is -2.41. The Morgan fingerprint density at radius 2 is 2.11 bits per heavy atom. The van der Waals surface area contributed by atoms with E-state index >= 15 is 0 Å². The first-order valence-corrected chi connectivity index (χ1v) is 9.09. The molecule has 1 saturated heterocycles. The molecule has 3 heterocycles. The summed E-state index contributed by atoms with van der Waals surface area (Å²) in [7, 11) is 0. The molecular weight excluding hydrogens is 342 g/mol. The maximum Gasteiger partial charge on any atom is 0.276 e. The summed E-state index contributed by atoms with van der Waals surface area (Å²) < 4.78 is 7.60. The first-order chi connectivity index (χ1) is 12.8. The van der Waals surface area contributed by atoms with Gasteiger partial charge in [-0.25, -0.2) is 4.68 Å². The SMILES string of the molecule is Cc1c(C(=O)N2CC(C)OC(C)(C)C2)nnn1-c1ccc2ncccc2c1. The molecule has 0 aliphatic carbocycles. The van der Waals surface area contributed by atoms with Crippen molar-refractivity contribution < 1.29 is 9.53 Å². The second-order valence-corrected chi connectivity index (χ2v) is 7.69. The molecule has 1 unspecified atom stereocenters. The third kappa shape index (κ3) is 3.30. The minimum atomic E-state index is -0.372. The molecule has 7 heteroatoms. The molecule has 1 fully saturated rings. The van der Waals surface area contributed by atoms with Crippen molar-refractivity contribution in [3.8, 4) is 5.69 Å². The summed E-state index contributed by atoms with van der Waals surface area (Å²) in [5, 5.41) is 9.43. The number of pyridine rings is 1. The molecule has 1 amide bonds. The zero-order valence-corrected chi connectivity index (χ0v) is 16.0. The number of benzene rings is 1. The van der Waals surface area contributed by atoms with Crippen LogP contribution in [-0.4, -0.2) is 55.6 Å². The zero-order valence-electron chi connectivity index (χ0n) is 16.0. The van der Waals surface area contributed by atoms with Gasteiger partial charge < -0.3 is 9.64 Å². The standard InChI is InChI=1S/C20H23N5O2/c1-13-11-24(12-20(3,4)27-13)19(26)18-14(2)25(23-22-18)16-7-8-17-15(10-16)6-5-9-21-17/h5-10,13H,11-12H2,1-4H3. The quantitative estimate of drug-likeness (QED) is 0.698. The van der Waals surface area contributed by atoms with Gasteiger partial charge in [0.15, 0.2) is 5.69 Å². The van der Waals surface area contributed by atoms with Gasteiger partial charge in [0.05, 0.1) is 28.6 Å². The van der Waals surface area contributed by atoms with Gasteiger partial charge in [0, 0.05) is 24.7 Å². The molecule has 0 saturated carbocycles. The highest BCUT2D eigenvalue weighted by atomic mass is 16.5. The summed E-state index contributed by atoms with van der Waals surface area (Å²) in [6.07, 6.45) is 1.76. The Bertz CT molecular complexity index is 1010. The third-order valence-electron chi connectivity index (χ3n) is 4.78. The van der Waals surface area contributed by atoms with Crippen LogP contribution in [0.1, 0.15) is 37.0 Å². The number of amides is 1. The second kappa shape index (κ2) is 6.42. The van der Waals surface area contributed by atoms with Crippen molar-refractivity contribution >= 4 is 16.8 Å². The zero-order chi connectivity index (χ0) is 19.2. The number of rotatable bonds is 2. The van der Waals surface area contributed by atoms with E-state index in [9.17, 15) is 4.79 Å². The first-order valence-electron chi connectivity index (χ1n) is 9.09. The van der Waals surface area contributed by atoms with Crippen LogP contribution < -0.4 is 0 Å². The minimum Gasteiger partial charge on any atom is -0.369 e. The van der Waals surface area contributed by atoms with Crippen LogP contribution in [0.4, 0.5) is 0 Å². The summed E-state index contributed by atoms with van der Waals surface area (Å²) in [4.78, 5) is 19.2. The van der Waals surface area contributed by atoms with Crippen molar-refractivity contribution in [2.45, 2.75) is 39.4 Å². The van der Waals surface area contributed by atoms with Crippen molar-refractivity contribution in [2.24, 2.45) is 0 Å². The van der Waals surface area contributed by atoms with Crippen LogP contribution in [-0.2, 0) is 4.74 Å². The van der Waals surface area contributed by atoms with Gasteiger partial charge in [-0.1, -0.05) is 11.3 Å². The molecule has 0 N–H and O–H groups in total. The molecule has 27 heavy (non-hydrogen) atoms. The van der Waals surface area contributed by atoms with Gasteiger partial charge in [-0.3, -0.25) is 9.78 Å². The first kappa shape index (κ1) is 17.6. The lowest BCUT2D eigenvalue weighted by Crippen LogP contribution is -2.54. The van der Waals surface area contributed by atoms with E-state index in [0.717, 1.165) is 22.3 Å². The molecule has 1 aliphatic rings. The molecule has 1 aliphatic heterocycles. The topological polar surface area (TPSA) is 73.1 Å². The highest BCUT2D eigenvalue weighted by Gasteiger charge is 2.35. The lowest BCUT2D eigenvalue weighted by atomic mass is 10.0. The fourth-order valence-electron chi connectivity index (χ4n) is 3.72. The summed E-state index contributed by atoms with van der Waals surface area (Å²) >= 11 is 0. The Hall–Kier alpha value is -2.80. The van der Waals surface area contributed by atoms with E-state index < -0.39 is 0 Å². The van der Waals surface area contributed by atoms with Gasteiger partial charge in [0.2, 0.25) is 0 Å². The number of hydrogen-bond acceptors (Lipinski definition) is 5. The minimum absolute atomic E-state index is 0.0129. The number of carbonyl (C=O) groups is 1. The van der Waals surface area contributed by atoms with Gasteiger partial charge in [-0.15, -0.1) is 5.10 Å². The Morgan fingerprint density at radius 3 is 2.89 bits per heavy atom. The molecule has 4 rings (SSSR count). The molecule has 0 spiro atoms. The van der Waals surface area contributed by atoms with E-state index in [0.29, 0.717) is 18.8 Å². The van der Waals surface area contributed by atoms with Crippen LogP contribution in [0.3, 0.4) is 0 Å². The van der Waals surface area contributed by atoms with Gasteiger partial charge in [0.25, 0.3) is 5.91 Å². The second-order valence-electron chi connectivity index (χ2n) is 7.69. The summed E-state index contributed by atoms with van der Waals surface area (Å²) in [5.74, 6) is -0.107. The van der Waals surface area contributed by atoms with E-state index in [-0.39, 0.29) is 17.6 Å². The van der Waals surface area contributed by atoms with E-state index in [1.54, 1.807) is 15.8 Å². The fourth-order valence-corrected chi connectivity index (χ4v) is 3.72. The Morgan fingerprint density at radius 1 is 1.30 bits per heavy atom. The van der Waals surface area contributed by atoms with E-state index in [4.69, 9.17) is 4.74 Å². The van der Waals surface area contributed by atoms with Crippen molar-refractivity contribution in [1.29, 1.82) is 0 Å². The monoisotopic (exact) mass is 365 g/mol. The van der Waals surface area contributed by atoms with E-state index in [1.165, 1.54) is 0 Å². The van der Waals surface area contributed by atoms with Gasteiger partial charge in [-0.05, 0) is 52.0 Å². The normalized spacial score (nSPS) is 19.4. The number of ether oxygens (including phenoxy) is 1. The summed E-state index contributed by atoms with van der Waals surface area (Å²) in [5.41, 5.74) is 2.50. The molecule has 0 radical (unpaired) electrons. The molecule has 1 atom stereocenters. The Balaban J connectivity index is 1.66. The number of morpholine rings is 1. The maximum absolute atomic E-state index is 13.1. The molecular formula is C20H23N5O2. The molecule has 0 bridgehead atoms. The van der Waals surface area contributed by atoms with E-state index in [2.05, 4.69) is 15.3 Å². The number of aromatic nitrogens is 4. The predicted molar refractivity (Wildman–Crippen MR) is 102 cm³/mol. The molecule has 140 valence electrons. The lowest BCUT2D eigenvalue weighted by molar-refractivity contribution is -0.119. The van der Waals surface area contributed by atoms with Crippen LogP contribution in [0.15, 0.2) is 36.5 Å². The summed E-state index contributed by atoms with van der Waals surface area (Å²) in [6, 6.07) is 9.78. The predicted octanol–water partition coefficient (Wildman–Crippen LogP) is 2.76. The van der Waals surface area contributed by atoms with Crippen LogP contribution in [0.25, 0.3) is 16.6 Å². The van der Waals surface area contributed by atoms with Gasteiger partial charge in [0.1, 0.15) is 0 Å². The summed E-state index contributed by atoms with van der Waals surface area (Å²) in [6.45, 7) is 8.93. The maximum atomic E-state index is 13.1. The van der Waals surface area contributed by atoms with Gasteiger partial charge >= 0.3 is 0 Å². The van der Waals surface area contributed by atoms with Crippen molar-refractivity contribution in [3.05, 3.63) is 47.9 Å². The van der Waals surface area contributed by atoms with Crippen molar-refractivity contribution in [3.63, 3.8) is 0 Å². The van der Waals surface area contributed by atoms with Crippen LogP contribution >= 0.6 is 0 Å². The van der Waals surface area contributed by atoms with Crippen LogP contribution in [0, 0.1) is 6.92 Å². The molecule has 2 aromatic heterocycles. The Labute approximate surface area is 157 Å². The van der Waals surface area contributed by atoms with Gasteiger partial charge in [-0.2, -0.15) is 0 Å². The number of carbonyl (C=O) groups excluding carboxylic acids is 1. The highest BCUT2D eigenvalue weighted by Crippen LogP contribution is 2.23. The Kier molecular flexibility index (Phi) is 4.19.